The fourth-order valence-corrected chi connectivity index (χ4v) is 2.95. The van der Waals surface area contributed by atoms with Crippen LogP contribution in [0.25, 0.3) is 0 Å². The first kappa shape index (κ1) is 15.5. The van der Waals surface area contributed by atoms with Crippen LogP contribution < -0.4 is 5.32 Å². The number of nitrogens with one attached hydrogen (secondary N) is 1. The van der Waals surface area contributed by atoms with Crippen molar-refractivity contribution in [3.8, 4) is 0 Å². The molecule has 2 aromatic rings. The highest BCUT2D eigenvalue weighted by molar-refractivity contribution is 5.95. The number of carbonyl (C=O) groups excluding carboxylic acids is 1. The minimum absolute atomic E-state index is 0.0906. The highest BCUT2D eigenvalue weighted by Crippen LogP contribution is 2.21. The first-order chi connectivity index (χ1) is 11.2. The van der Waals surface area contributed by atoms with Gasteiger partial charge in [0.15, 0.2) is 0 Å². The molecule has 3 rings (SSSR count). The normalized spacial score (nSPS) is 15.1. The van der Waals surface area contributed by atoms with Crippen LogP contribution in [0.1, 0.15) is 41.6 Å². The van der Waals surface area contributed by atoms with Gasteiger partial charge in [-0.05, 0) is 37.5 Å². The fourth-order valence-electron chi connectivity index (χ4n) is 2.95. The molecule has 0 aliphatic carbocycles. The predicted octanol–water partition coefficient (Wildman–Crippen LogP) is 4.15. The number of likely N-dealkylation sites (tertiary alicyclic amines) is 1. The van der Waals surface area contributed by atoms with Crippen molar-refractivity contribution in [1.29, 1.82) is 0 Å². The van der Waals surface area contributed by atoms with Gasteiger partial charge in [0.1, 0.15) is 0 Å². The second kappa shape index (κ2) is 7.27. The van der Waals surface area contributed by atoms with E-state index in [4.69, 9.17) is 0 Å². The van der Waals surface area contributed by atoms with Crippen LogP contribution in [0.15, 0.2) is 42.7 Å². The van der Waals surface area contributed by atoms with Gasteiger partial charge in [0.2, 0.25) is 0 Å². The summed E-state index contributed by atoms with van der Waals surface area (Å²) < 4.78 is 0. The zero-order valence-corrected chi connectivity index (χ0v) is 13.6. The summed E-state index contributed by atoms with van der Waals surface area (Å²) in [5.41, 5.74) is 3.70. The Kier molecular flexibility index (Phi) is 4.91. The van der Waals surface area contributed by atoms with Crippen molar-refractivity contribution in [2.75, 3.05) is 18.4 Å². The standard InChI is InChI=1S/C19H23N3O/c1-15-8-4-5-9-18(15)21-17-12-16(13-20-14-17)19(23)22-10-6-2-3-7-11-22/h4-5,8-9,12-14,21H,2-3,6-7,10-11H2,1H3. The Morgan fingerprint density at radius 1 is 1.09 bits per heavy atom. The number of aromatic nitrogens is 1. The predicted molar refractivity (Wildman–Crippen MR) is 93.1 cm³/mol. The number of nitrogens with zero attached hydrogens (tertiary/aromatic N) is 2. The second-order valence-electron chi connectivity index (χ2n) is 6.11. The maximum Gasteiger partial charge on any atom is 0.255 e. The molecule has 1 aromatic heterocycles. The molecule has 4 nitrogen and oxygen atoms in total. The lowest BCUT2D eigenvalue weighted by Gasteiger charge is -2.20. The topological polar surface area (TPSA) is 45.2 Å². The first-order valence-electron chi connectivity index (χ1n) is 8.31. The van der Waals surface area contributed by atoms with Gasteiger partial charge >= 0.3 is 0 Å². The minimum atomic E-state index is 0.0906. The van der Waals surface area contributed by atoms with E-state index in [2.05, 4.69) is 23.3 Å². The summed E-state index contributed by atoms with van der Waals surface area (Å²) in [6.45, 7) is 3.77. The third-order valence-corrected chi connectivity index (χ3v) is 4.30. The lowest BCUT2D eigenvalue weighted by atomic mass is 10.2. The van der Waals surface area contributed by atoms with E-state index in [0.29, 0.717) is 5.56 Å². The summed E-state index contributed by atoms with van der Waals surface area (Å²) >= 11 is 0. The maximum absolute atomic E-state index is 12.7. The first-order valence-corrected chi connectivity index (χ1v) is 8.31. The van der Waals surface area contributed by atoms with E-state index in [1.807, 2.05) is 29.2 Å². The molecule has 0 radical (unpaired) electrons. The molecule has 1 aliphatic heterocycles. The Morgan fingerprint density at radius 2 is 1.83 bits per heavy atom. The smallest absolute Gasteiger partial charge is 0.255 e. The molecular weight excluding hydrogens is 286 g/mol. The van der Waals surface area contributed by atoms with E-state index in [9.17, 15) is 4.79 Å². The van der Waals surface area contributed by atoms with Crippen LogP contribution in [0.5, 0.6) is 0 Å². The molecule has 1 aromatic carbocycles. The number of hydrogen-bond donors (Lipinski definition) is 1. The van der Waals surface area contributed by atoms with Gasteiger partial charge in [-0.25, -0.2) is 0 Å². The SMILES string of the molecule is Cc1ccccc1Nc1cncc(C(=O)N2CCCCCC2)c1. The maximum atomic E-state index is 12.7. The molecule has 1 aliphatic rings. The summed E-state index contributed by atoms with van der Waals surface area (Å²) in [4.78, 5) is 18.9. The highest BCUT2D eigenvalue weighted by Gasteiger charge is 2.17. The molecule has 1 amide bonds. The lowest BCUT2D eigenvalue weighted by Crippen LogP contribution is -2.31. The highest BCUT2D eigenvalue weighted by atomic mass is 16.2. The molecule has 1 saturated heterocycles. The van der Waals surface area contributed by atoms with E-state index in [-0.39, 0.29) is 5.91 Å². The Labute approximate surface area is 137 Å². The molecule has 23 heavy (non-hydrogen) atoms. The Balaban J connectivity index is 1.76. The molecule has 2 heterocycles. The van der Waals surface area contributed by atoms with E-state index >= 15 is 0 Å². The lowest BCUT2D eigenvalue weighted by molar-refractivity contribution is 0.0761. The number of amides is 1. The number of aryl methyl sites for hydroxylation is 1. The monoisotopic (exact) mass is 309 g/mol. The van der Waals surface area contributed by atoms with Crippen LogP contribution in [0.2, 0.25) is 0 Å². The summed E-state index contributed by atoms with van der Waals surface area (Å²) in [6.07, 6.45) is 8.05. The number of anilines is 2. The van der Waals surface area contributed by atoms with Crippen molar-refractivity contribution < 1.29 is 4.79 Å². The third-order valence-electron chi connectivity index (χ3n) is 4.30. The van der Waals surface area contributed by atoms with Crippen molar-refractivity contribution in [3.05, 3.63) is 53.9 Å². The number of para-hydroxylation sites is 1. The molecule has 0 bridgehead atoms. The van der Waals surface area contributed by atoms with Gasteiger partial charge in [-0.3, -0.25) is 9.78 Å². The van der Waals surface area contributed by atoms with Crippen LogP contribution in [0, 0.1) is 6.92 Å². The number of carbonyl (C=O) groups is 1. The Bertz CT molecular complexity index is 676. The summed E-state index contributed by atoms with van der Waals surface area (Å²) in [5, 5.41) is 3.35. The van der Waals surface area contributed by atoms with Crippen molar-refractivity contribution >= 4 is 17.3 Å². The van der Waals surface area contributed by atoms with Gasteiger partial charge in [-0.15, -0.1) is 0 Å². The van der Waals surface area contributed by atoms with Crippen molar-refractivity contribution in [3.63, 3.8) is 0 Å². The third kappa shape index (κ3) is 3.89. The number of benzene rings is 1. The average Bonchev–Trinajstić information content (AvgIpc) is 2.86. The molecule has 1 fully saturated rings. The van der Waals surface area contributed by atoms with Crippen LogP contribution in [-0.4, -0.2) is 28.9 Å². The summed E-state index contributed by atoms with van der Waals surface area (Å²) in [5.74, 6) is 0.0906. The van der Waals surface area contributed by atoms with Gasteiger partial charge in [0.25, 0.3) is 5.91 Å². The number of pyridine rings is 1. The molecule has 120 valence electrons. The van der Waals surface area contributed by atoms with E-state index in [1.165, 1.54) is 12.8 Å². The minimum Gasteiger partial charge on any atom is -0.354 e. The fraction of sp³-hybridized carbons (Fsp3) is 0.368. The zero-order valence-electron chi connectivity index (χ0n) is 13.6. The van der Waals surface area contributed by atoms with Gasteiger partial charge in [0, 0.05) is 25.0 Å². The van der Waals surface area contributed by atoms with Crippen LogP contribution >= 0.6 is 0 Å². The van der Waals surface area contributed by atoms with Gasteiger partial charge in [-0.1, -0.05) is 31.0 Å². The van der Waals surface area contributed by atoms with Crippen LogP contribution in [0.3, 0.4) is 0 Å². The number of hydrogen-bond acceptors (Lipinski definition) is 3. The largest absolute Gasteiger partial charge is 0.354 e. The summed E-state index contributed by atoms with van der Waals surface area (Å²) in [6, 6.07) is 9.99. The molecule has 0 unspecified atom stereocenters. The molecule has 0 atom stereocenters. The summed E-state index contributed by atoms with van der Waals surface area (Å²) in [7, 11) is 0. The quantitative estimate of drug-likeness (QED) is 0.926. The molecule has 4 heteroatoms. The van der Waals surface area contributed by atoms with Crippen LogP contribution in [0.4, 0.5) is 11.4 Å². The van der Waals surface area contributed by atoms with Crippen molar-refractivity contribution in [2.24, 2.45) is 0 Å². The zero-order chi connectivity index (χ0) is 16.1. The van der Waals surface area contributed by atoms with Gasteiger partial charge in [-0.2, -0.15) is 0 Å². The second-order valence-corrected chi connectivity index (χ2v) is 6.11. The van der Waals surface area contributed by atoms with E-state index in [1.54, 1.807) is 12.4 Å². The molecule has 0 saturated carbocycles. The van der Waals surface area contributed by atoms with Gasteiger partial charge in [0.05, 0.1) is 17.4 Å². The Hall–Kier alpha value is -2.36. The van der Waals surface area contributed by atoms with Crippen LogP contribution in [-0.2, 0) is 0 Å². The Morgan fingerprint density at radius 3 is 2.57 bits per heavy atom. The van der Waals surface area contributed by atoms with E-state index < -0.39 is 0 Å². The van der Waals surface area contributed by atoms with Crippen molar-refractivity contribution in [2.45, 2.75) is 32.6 Å². The molecule has 0 spiro atoms. The number of rotatable bonds is 3. The van der Waals surface area contributed by atoms with Gasteiger partial charge < -0.3 is 10.2 Å². The molecular formula is C19H23N3O. The molecule has 1 N–H and O–H groups in total. The van der Waals surface area contributed by atoms with Crippen molar-refractivity contribution in [1.82, 2.24) is 9.88 Å². The average molecular weight is 309 g/mol. The van der Waals surface area contributed by atoms with E-state index in [0.717, 1.165) is 42.9 Å².